The van der Waals surface area contributed by atoms with Crippen molar-refractivity contribution in [2.45, 2.75) is 26.4 Å². The molecule has 5 heteroatoms. The third kappa shape index (κ3) is 4.98. The van der Waals surface area contributed by atoms with Gasteiger partial charge in [0, 0.05) is 17.3 Å². The second-order valence-corrected chi connectivity index (χ2v) is 7.61. The van der Waals surface area contributed by atoms with Crippen molar-refractivity contribution in [2.75, 3.05) is 13.7 Å². The zero-order valence-corrected chi connectivity index (χ0v) is 17.3. The van der Waals surface area contributed by atoms with Crippen molar-refractivity contribution in [3.8, 4) is 22.8 Å². The van der Waals surface area contributed by atoms with Gasteiger partial charge in [0.1, 0.15) is 12.4 Å². The summed E-state index contributed by atoms with van der Waals surface area (Å²) in [6, 6.07) is 17.2. The predicted molar refractivity (Wildman–Crippen MR) is 115 cm³/mol. The van der Waals surface area contributed by atoms with Crippen LogP contribution in [0.15, 0.2) is 60.8 Å². The Labute approximate surface area is 176 Å². The van der Waals surface area contributed by atoms with Gasteiger partial charge in [-0.3, -0.25) is 0 Å². The minimum Gasteiger partial charge on any atom is -0.489 e. The molecule has 0 saturated heterocycles. The Hall–Kier alpha value is -3.34. The zero-order chi connectivity index (χ0) is 20.9. The molecule has 1 fully saturated rings. The van der Waals surface area contributed by atoms with Crippen molar-refractivity contribution >= 4 is 5.97 Å². The quantitative estimate of drug-likeness (QED) is 0.483. The number of methoxy groups -OCH3 is 1. The van der Waals surface area contributed by atoms with Crippen molar-refractivity contribution in [1.29, 1.82) is 0 Å². The number of benzene rings is 2. The third-order valence-corrected chi connectivity index (χ3v) is 5.13. The summed E-state index contributed by atoms with van der Waals surface area (Å²) >= 11 is 0. The highest BCUT2D eigenvalue weighted by molar-refractivity contribution is 5.89. The van der Waals surface area contributed by atoms with Crippen LogP contribution >= 0.6 is 0 Å². The maximum atomic E-state index is 11.5. The van der Waals surface area contributed by atoms with Gasteiger partial charge in [-0.25, -0.2) is 9.78 Å². The van der Waals surface area contributed by atoms with Gasteiger partial charge in [0.25, 0.3) is 0 Å². The van der Waals surface area contributed by atoms with Gasteiger partial charge < -0.3 is 14.2 Å². The van der Waals surface area contributed by atoms with Gasteiger partial charge >= 0.3 is 5.97 Å². The molecule has 1 aliphatic rings. The van der Waals surface area contributed by atoms with E-state index in [1.54, 1.807) is 12.1 Å². The molecule has 0 atom stereocenters. The van der Waals surface area contributed by atoms with Crippen LogP contribution in [0.3, 0.4) is 0 Å². The lowest BCUT2D eigenvalue weighted by Gasteiger charge is -2.11. The molecule has 0 radical (unpaired) electrons. The number of carbonyl (C=O) groups is 1. The molecule has 0 unspecified atom stereocenters. The monoisotopic (exact) mass is 403 g/mol. The summed E-state index contributed by atoms with van der Waals surface area (Å²) in [7, 11) is 1.37. The summed E-state index contributed by atoms with van der Waals surface area (Å²) in [5.74, 6) is 1.85. The Balaban J connectivity index is 1.41. The van der Waals surface area contributed by atoms with Crippen molar-refractivity contribution in [3.05, 3.63) is 77.5 Å². The Bertz CT molecular complexity index is 1030. The number of esters is 1. The topological polar surface area (TPSA) is 57.7 Å². The van der Waals surface area contributed by atoms with Gasteiger partial charge in [-0.15, -0.1) is 0 Å². The molecule has 1 heterocycles. The van der Waals surface area contributed by atoms with E-state index in [9.17, 15) is 4.79 Å². The molecule has 1 aromatic heterocycles. The number of nitrogens with zero attached hydrogens (tertiary/aromatic N) is 1. The average molecular weight is 403 g/mol. The fourth-order valence-corrected chi connectivity index (χ4v) is 3.14. The predicted octanol–water partition coefficient (Wildman–Crippen LogP) is 5.21. The van der Waals surface area contributed by atoms with E-state index in [-0.39, 0.29) is 5.97 Å². The van der Waals surface area contributed by atoms with Crippen LogP contribution in [0.25, 0.3) is 11.1 Å². The molecule has 154 valence electrons. The Kier molecular flexibility index (Phi) is 5.98. The van der Waals surface area contributed by atoms with Gasteiger partial charge in [0.2, 0.25) is 5.88 Å². The normalized spacial score (nSPS) is 13.0. The molecule has 2 aromatic carbocycles. The standard InChI is InChI=1S/C25H25NO4/c1-17-12-22(14-26-24(17)30-16-18-6-7-18)21-4-3-5-23(13-21)29-15-19-8-10-20(11-9-19)25(27)28-2/h3-5,8-14,18H,6-7,15-16H2,1-2H3. The smallest absolute Gasteiger partial charge is 0.337 e. The molecule has 0 spiro atoms. The lowest BCUT2D eigenvalue weighted by molar-refractivity contribution is 0.0600. The van der Waals surface area contributed by atoms with E-state index in [1.165, 1.54) is 20.0 Å². The van der Waals surface area contributed by atoms with Crippen molar-refractivity contribution in [1.82, 2.24) is 4.98 Å². The van der Waals surface area contributed by atoms with Crippen LogP contribution in [0.4, 0.5) is 0 Å². The molecule has 1 aliphatic carbocycles. The van der Waals surface area contributed by atoms with Crippen LogP contribution in [-0.4, -0.2) is 24.7 Å². The first-order valence-corrected chi connectivity index (χ1v) is 10.1. The number of hydrogen-bond acceptors (Lipinski definition) is 5. The molecule has 0 N–H and O–H groups in total. The fourth-order valence-electron chi connectivity index (χ4n) is 3.14. The lowest BCUT2D eigenvalue weighted by atomic mass is 10.1. The fraction of sp³-hybridized carbons (Fsp3) is 0.280. The molecule has 5 nitrogen and oxygen atoms in total. The molecule has 0 amide bonds. The summed E-state index contributed by atoms with van der Waals surface area (Å²) in [6.45, 7) is 3.20. The summed E-state index contributed by atoms with van der Waals surface area (Å²) in [6.07, 6.45) is 4.37. The zero-order valence-electron chi connectivity index (χ0n) is 17.3. The average Bonchev–Trinajstić information content (AvgIpc) is 3.61. The van der Waals surface area contributed by atoms with Crippen molar-refractivity contribution < 1.29 is 19.0 Å². The first-order chi connectivity index (χ1) is 14.6. The van der Waals surface area contributed by atoms with Crippen molar-refractivity contribution in [2.24, 2.45) is 5.92 Å². The number of ether oxygens (including phenoxy) is 3. The van der Waals surface area contributed by atoms with Crippen LogP contribution in [0.2, 0.25) is 0 Å². The number of hydrogen-bond donors (Lipinski definition) is 0. The highest BCUT2D eigenvalue weighted by atomic mass is 16.5. The van der Waals surface area contributed by atoms with E-state index in [1.807, 2.05) is 49.5 Å². The molecule has 3 aromatic rings. The summed E-state index contributed by atoms with van der Waals surface area (Å²) in [4.78, 5) is 16.0. The molecule has 0 aliphatic heterocycles. The van der Waals surface area contributed by atoms with E-state index in [2.05, 4.69) is 11.1 Å². The second kappa shape index (κ2) is 8.99. The third-order valence-electron chi connectivity index (χ3n) is 5.13. The van der Waals surface area contributed by atoms with Crippen LogP contribution < -0.4 is 9.47 Å². The molecule has 1 saturated carbocycles. The molecule has 0 bridgehead atoms. The van der Waals surface area contributed by atoms with Gasteiger partial charge in [0.05, 0.1) is 19.3 Å². The Morgan fingerprint density at radius 2 is 1.83 bits per heavy atom. The minimum atomic E-state index is -0.344. The van der Waals surface area contributed by atoms with Crippen LogP contribution in [0.1, 0.15) is 34.3 Å². The highest BCUT2D eigenvalue weighted by Gasteiger charge is 2.22. The van der Waals surface area contributed by atoms with Gasteiger partial charge in [0.15, 0.2) is 0 Å². The van der Waals surface area contributed by atoms with E-state index < -0.39 is 0 Å². The number of aromatic nitrogens is 1. The number of pyridine rings is 1. The number of rotatable bonds is 8. The van der Waals surface area contributed by atoms with Gasteiger partial charge in [-0.2, -0.15) is 0 Å². The van der Waals surface area contributed by atoms with Crippen LogP contribution in [0, 0.1) is 12.8 Å². The van der Waals surface area contributed by atoms with Gasteiger partial charge in [-0.1, -0.05) is 24.3 Å². The molecular weight excluding hydrogens is 378 g/mol. The Morgan fingerprint density at radius 1 is 1.03 bits per heavy atom. The van der Waals surface area contributed by atoms with E-state index in [4.69, 9.17) is 14.2 Å². The largest absolute Gasteiger partial charge is 0.489 e. The van der Waals surface area contributed by atoms with Crippen LogP contribution in [0.5, 0.6) is 11.6 Å². The van der Waals surface area contributed by atoms with Gasteiger partial charge in [-0.05, 0) is 67.1 Å². The maximum Gasteiger partial charge on any atom is 0.337 e. The summed E-state index contributed by atoms with van der Waals surface area (Å²) < 4.78 is 16.5. The minimum absolute atomic E-state index is 0.344. The molecule has 4 rings (SSSR count). The summed E-state index contributed by atoms with van der Waals surface area (Å²) in [5.41, 5.74) is 4.60. The molecule has 30 heavy (non-hydrogen) atoms. The number of carbonyl (C=O) groups excluding carboxylic acids is 1. The van der Waals surface area contributed by atoms with Crippen LogP contribution in [-0.2, 0) is 11.3 Å². The molecular formula is C25H25NO4. The number of aryl methyl sites for hydroxylation is 1. The highest BCUT2D eigenvalue weighted by Crippen LogP contribution is 2.31. The van der Waals surface area contributed by atoms with Crippen molar-refractivity contribution in [3.63, 3.8) is 0 Å². The lowest BCUT2D eigenvalue weighted by Crippen LogP contribution is -2.02. The first-order valence-electron chi connectivity index (χ1n) is 10.1. The SMILES string of the molecule is COC(=O)c1ccc(COc2cccc(-c3cnc(OCC4CC4)c(C)c3)c2)cc1. The summed E-state index contributed by atoms with van der Waals surface area (Å²) in [5, 5.41) is 0. The second-order valence-electron chi connectivity index (χ2n) is 7.61. The first kappa shape index (κ1) is 20.0. The van der Waals surface area contributed by atoms with E-state index >= 15 is 0 Å². The van der Waals surface area contributed by atoms with E-state index in [0.717, 1.165) is 34.6 Å². The van der Waals surface area contributed by atoms with E-state index in [0.29, 0.717) is 24.0 Å². The Morgan fingerprint density at radius 3 is 2.53 bits per heavy atom. The maximum absolute atomic E-state index is 11.5.